The first kappa shape index (κ1) is 8.14. The zero-order valence-corrected chi connectivity index (χ0v) is 4.77. The maximum Gasteiger partial charge on any atom is 0.284 e. The van der Waals surface area contributed by atoms with Crippen molar-refractivity contribution >= 4 is 12.4 Å². The van der Waals surface area contributed by atoms with Crippen LogP contribution in [0.25, 0.3) is 0 Å². The Kier molecular flexibility index (Phi) is 3.31. The number of rotatable bonds is 3. The van der Waals surface area contributed by atoms with Crippen LogP contribution in [0.3, 0.4) is 0 Å². The van der Waals surface area contributed by atoms with Crippen molar-refractivity contribution in [3.8, 4) is 0 Å². The van der Waals surface area contributed by atoms with E-state index >= 15 is 0 Å². The van der Waals surface area contributed by atoms with Crippen molar-refractivity contribution in [1.82, 2.24) is 10.9 Å². The van der Waals surface area contributed by atoms with E-state index in [4.69, 9.17) is 5.73 Å². The van der Waals surface area contributed by atoms with Crippen molar-refractivity contribution in [1.29, 1.82) is 0 Å². The van der Waals surface area contributed by atoms with Gasteiger partial charge in [-0.2, -0.15) is 0 Å². The van der Waals surface area contributed by atoms with Crippen LogP contribution in [0.15, 0.2) is 5.10 Å². The first-order chi connectivity index (χ1) is 4.66. The topological polar surface area (TPSA) is 123 Å². The first-order valence-corrected chi connectivity index (χ1v) is 2.10. The molecule has 0 aliphatic rings. The van der Waals surface area contributed by atoms with Gasteiger partial charge in [-0.3, -0.25) is 15.6 Å². The summed E-state index contributed by atoms with van der Waals surface area (Å²) in [5, 5.41) is 11.2. The van der Waals surface area contributed by atoms with Crippen molar-refractivity contribution < 1.29 is 9.83 Å². The highest BCUT2D eigenvalue weighted by Gasteiger charge is 1.94. The van der Waals surface area contributed by atoms with E-state index in [1.54, 1.807) is 0 Å². The summed E-state index contributed by atoms with van der Waals surface area (Å²) < 4.78 is 0. The number of carbonyl (C=O) groups is 1. The van der Waals surface area contributed by atoms with Gasteiger partial charge in [0.1, 0.15) is 5.10 Å². The molecule has 1 amide bonds. The molecule has 0 radical (unpaired) electrons. The molecule has 0 bridgehead atoms. The van der Waals surface area contributed by atoms with Gasteiger partial charge in [-0.15, -0.1) is 0 Å². The quantitative estimate of drug-likeness (QED) is 0.137. The predicted octanol–water partition coefficient (Wildman–Crippen LogP) is -2.26. The van der Waals surface area contributed by atoms with Crippen LogP contribution in [0, 0.1) is 10.1 Å². The van der Waals surface area contributed by atoms with Gasteiger partial charge in [0, 0.05) is 0 Å². The first-order valence-electron chi connectivity index (χ1n) is 2.10. The molecule has 0 heterocycles. The summed E-state index contributed by atoms with van der Waals surface area (Å²) in [5.74, 6) is -0.489. The zero-order valence-electron chi connectivity index (χ0n) is 4.77. The Labute approximate surface area is 55.2 Å². The second-order valence-corrected chi connectivity index (χ2v) is 1.11. The van der Waals surface area contributed by atoms with Crippen LogP contribution in [0.2, 0.25) is 0 Å². The Morgan fingerprint density at radius 3 is 2.80 bits per heavy atom. The molecule has 0 fully saturated rings. The molecule has 0 unspecified atom stereocenters. The van der Waals surface area contributed by atoms with E-state index in [0.717, 1.165) is 0 Å². The minimum atomic E-state index is -0.991. The van der Waals surface area contributed by atoms with E-state index in [0.29, 0.717) is 0 Å². The number of hydrogen-bond donors (Lipinski definition) is 3. The van der Waals surface area contributed by atoms with Crippen molar-refractivity contribution in [3.05, 3.63) is 10.1 Å². The van der Waals surface area contributed by atoms with E-state index in [9.17, 15) is 14.9 Å². The fraction of sp³-hybridized carbons (Fsp3) is 0. The smallest absolute Gasteiger partial charge is 0.284 e. The third-order valence-electron chi connectivity index (χ3n) is 0.449. The van der Waals surface area contributed by atoms with Gasteiger partial charge in [-0.25, -0.2) is 10.1 Å². The van der Waals surface area contributed by atoms with Gasteiger partial charge in [0.2, 0.25) is 6.41 Å². The number of amides is 1. The molecule has 0 saturated carbocycles. The fourth-order valence-corrected chi connectivity index (χ4v) is 0.216. The van der Waals surface area contributed by atoms with E-state index in [1.165, 1.54) is 0 Å². The summed E-state index contributed by atoms with van der Waals surface area (Å²) in [6.45, 7) is 0. The van der Waals surface area contributed by atoms with Crippen molar-refractivity contribution in [2.75, 3.05) is 0 Å². The molecule has 0 aliphatic carbocycles. The number of nitrogens with two attached hydrogens (primary N) is 1. The summed E-state index contributed by atoms with van der Waals surface area (Å²) >= 11 is 0. The molecule has 0 saturated heterocycles. The van der Waals surface area contributed by atoms with Crippen LogP contribution < -0.4 is 16.6 Å². The average Bonchev–Trinajstić information content (AvgIpc) is 1.82. The Hall–Kier alpha value is -1.86. The average molecular weight is 147 g/mol. The lowest BCUT2D eigenvalue weighted by Gasteiger charge is -1.95. The van der Waals surface area contributed by atoms with Crippen molar-refractivity contribution in [3.63, 3.8) is 0 Å². The molecule has 0 aliphatic heterocycles. The van der Waals surface area contributed by atoms with Crippen LogP contribution >= 0.6 is 0 Å². The number of nitrogens with zero attached hydrogens (tertiary/aromatic N) is 2. The molecule has 8 nitrogen and oxygen atoms in total. The molecular weight excluding hydrogens is 142 g/mol. The summed E-state index contributed by atoms with van der Waals surface area (Å²) in [6.07, 6.45) is 0.266. The predicted molar refractivity (Wildman–Crippen MR) is 31.0 cm³/mol. The van der Waals surface area contributed by atoms with Crippen LogP contribution in [0.4, 0.5) is 0 Å². The lowest BCUT2D eigenvalue weighted by Crippen LogP contribution is -2.41. The lowest BCUT2D eigenvalue weighted by molar-refractivity contribution is -0.485. The molecular formula is C2H5N5O3. The second-order valence-electron chi connectivity index (χ2n) is 1.11. The molecule has 0 aromatic heterocycles. The third-order valence-corrected chi connectivity index (χ3v) is 0.449. The monoisotopic (exact) mass is 147 g/mol. The maximum absolute atomic E-state index is 9.55. The van der Waals surface area contributed by atoms with Gasteiger partial charge < -0.3 is 5.73 Å². The second kappa shape index (κ2) is 4.06. The van der Waals surface area contributed by atoms with Gasteiger partial charge in [0.05, 0.1) is 0 Å². The largest absolute Gasteiger partial charge is 0.363 e. The van der Waals surface area contributed by atoms with E-state index in [2.05, 4.69) is 5.10 Å². The van der Waals surface area contributed by atoms with Crippen molar-refractivity contribution in [2.24, 2.45) is 10.8 Å². The molecule has 0 atom stereocenters. The zero-order chi connectivity index (χ0) is 7.98. The number of hydrogen-bond acceptors (Lipinski definition) is 3. The van der Waals surface area contributed by atoms with E-state index < -0.39 is 11.0 Å². The van der Waals surface area contributed by atoms with Crippen LogP contribution in [-0.2, 0) is 4.79 Å². The van der Waals surface area contributed by atoms with Crippen LogP contribution in [0.1, 0.15) is 0 Å². The van der Waals surface area contributed by atoms with Gasteiger partial charge >= 0.3 is 0 Å². The minimum absolute atomic E-state index is 0.266. The highest BCUT2D eigenvalue weighted by atomic mass is 16.7. The van der Waals surface area contributed by atoms with Crippen LogP contribution in [-0.4, -0.2) is 17.4 Å². The molecule has 10 heavy (non-hydrogen) atoms. The molecule has 4 N–H and O–H groups in total. The Bertz CT molecular complexity index is 164. The Morgan fingerprint density at radius 2 is 2.40 bits per heavy atom. The summed E-state index contributed by atoms with van der Waals surface area (Å²) in [4.78, 5) is 19.1. The van der Waals surface area contributed by atoms with E-state index in [-0.39, 0.29) is 6.41 Å². The normalized spacial score (nSPS) is 10.2. The highest BCUT2D eigenvalue weighted by Crippen LogP contribution is 1.65. The van der Waals surface area contributed by atoms with Gasteiger partial charge in [0.15, 0.2) is 5.03 Å². The molecule has 0 rings (SSSR count). The van der Waals surface area contributed by atoms with Crippen molar-refractivity contribution in [2.45, 2.75) is 0 Å². The molecule has 8 heteroatoms. The Morgan fingerprint density at radius 1 is 1.80 bits per heavy atom. The lowest BCUT2D eigenvalue weighted by atomic mass is 11.1. The SMILES string of the molecule is N/C(=N\[N+](=O)[O-])NNC=O. The number of hydrazone groups is 1. The Balaban J connectivity index is 3.70. The number of nitrogens with one attached hydrogen (secondary N) is 2. The van der Waals surface area contributed by atoms with Crippen LogP contribution in [0.5, 0.6) is 0 Å². The summed E-state index contributed by atoms with van der Waals surface area (Å²) in [6, 6.07) is 0. The number of nitro groups is 1. The molecule has 0 aromatic carbocycles. The standard InChI is InChI=1S/C2H5N5O3/c3-2(5-4-1-8)6-7(9)10/h1H,(H,4,8)(H3,3,5,6). The number of carbonyl (C=O) groups excluding carboxylic acids is 1. The third kappa shape index (κ3) is 4.30. The minimum Gasteiger partial charge on any atom is -0.363 e. The molecule has 0 spiro atoms. The highest BCUT2D eigenvalue weighted by molar-refractivity contribution is 5.77. The van der Waals surface area contributed by atoms with E-state index in [1.807, 2.05) is 10.9 Å². The van der Waals surface area contributed by atoms with Gasteiger partial charge in [0.25, 0.3) is 5.96 Å². The molecule has 56 valence electrons. The summed E-state index contributed by atoms with van der Waals surface area (Å²) in [7, 11) is 0. The van der Waals surface area contributed by atoms with Gasteiger partial charge in [-0.05, 0) is 0 Å². The number of guanidine groups is 1. The fourth-order valence-electron chi connectivity index (χ4n) is 0.216. The van der Waals surface area contributed by atoms with Gasteiger partial charge in [-0.1, -0.05) is 0 Å². The number of hydrazine groups is 1. The maximum atomic E-state index is 9.55. The summed E-state index contributed by atoms with van der Waals surface area (Å²) in [5.41, 5.74) is 8.63. The molecule has 0 aromatic rings.